The fraction of sp³-hybridized carbons (Fsp3) is 0.278. The number of fused-ring (bicyclic) bond motifs is 1. The molecule has 0 spiro atoms. The third-order valence-electron chi connectivity index (χ3n) is 4.35. The molecule has 0 unspecified atom stereocenters. The molecule has 0 radical (unpaired) electrons. The summed E-state index contributed by atoms with van der Waals surface area (Å²) in [6.45, 7) is -0.337. The van der Waals surface area contributed by atoms with Gasteiger partial charge in [-0.05, 0) is 25.0 Å². The van der Waals surface area contributed by atoms with Crippen LogP contribution in [0, 0.1) is 22.7 Å². The summed E-state index contributed by atoms with van der Waals surface area (Å²) >= 11 is 6.42. The maximum absolute atomic E-state index is 11.3. The van der Waals surface area contributed by atoms with Crippen LogP contribution < -0.4 is 10.6 Å². The molecule has 4 rings (SSSR count). The second kappa shape index (κ2) is 8.00. The van der Waals surface area contributed by atoms with Gasteiger partial charge in [0.05, 0.1) is 41.4 Å². The van der Waals surface area contributed by atoms with Gasteiger partial charge in [-0.25, -0.2) is 4.98 Å². The number of halogens is 1. The van der Waals surface area contributed by atoms with Gasteiger partial charge in [-0.1, -0.05) is 11.6 Å². The largest absolute Gasteiger partial charge is 0.364 e. The summed E-state index contributed by atoms with van der Waals surface area (Å²) in [5.74, 6) is 0.562. The van der Waals surface area contributed by atoms with Crippen LogP contribution in [0.5, 0.6) is 0 Å². The summed E-state index contributed by atoms with van der Waals surface area (Å²) in [6.07, 6.45) is 4.33. The van der Waals surface area contributed by atoms with Crippen molar-refractivity contribution in [2.45, 2.75) is 25.5 Å². The van der Waals surface area contributed by atoms with Crippen LogP contribution in [0.1, 0.15) is 29.7 Å². The minimum absolute atomic E-state index is 0.108. The van der Waals surface area contributed by atoms with Crippen molar-refractivity contribution < 1.29 is 12.6 Å². The average Bonchev–Trinajstić information content (AvgIpc) is 3.44. The number of anilines is 3. The first-order valence-corrected chi connectivity index (χ1v) is 11.2. The molecule has 1 fully saturated rings. The fourth-order valence-electron chi connectivity index (χ4n) is 2.76. The van der Waals surface area contributed by atoms with E-state index < -0.39 is 10.1 Å². The number of benzene rings is 1. The topological polar surface area (TPSA) is 158 Å². The van der Waals surface area contributed by atoms with Gasteiger partial charge in [0.25, 0.3) is 10.1 Å². The maximum Gasteiger partial charge on any atom is 0.264 e. The van der Waals surface area contributed by atoms with E-state index in [9.17, 15) is 18.9 Å². The number of imidazole rings is 1. The minimum Gasteiger partial charge on any atom is -0.364 e. The third kappa shape index (κ3) is 4.67. The van der Waals surface area contributed by atoms with Crippen LogP contribution in [0.25, 0.3) is 5.65 Å². The van der Waals surface area contributed by atoms with Crippen LogP contribution in [0.3, 0.4) is 0 Å². The lowest BCUT2D eigenvalue weighted by Crippen LogP contribution is -2.11. The van der Waals surface area contributed by atoms with E-state index in [1.165, 1.54) is 22.8 Å². The van der Waals surface area contributed by atoms with Gasteiger partial charge < -0.3 is 10.6 Å². The summed E-state index contributed by atoms with van der Waals surface area (Å²) < 4.78 is 28.8. The average molecular weight is 459 g/mol. The standard InChI is InChI=1S/C18H15ClN8O3S/c1-31(28,29)30-9-11-4-10(6-20)5-14(15(11)19)24-18-25-16(23-12-2-3-12)17-22-8-13(7-21)27(17)26-18/h4-5,8,12H,2-3,9H2,1H3,(H2,23,24,25,26). The summed E-state index contributed by atoms with van der Waals surface area (Å²) in [5.41, 5.74) is 1.44. The zero-order valence-corrected chi connectivity index (χ0v) is 17.7. The smallest absolute Gasteiger partial charge is 0.264 e. The second-order valence-corrected chi connectivity index (χ2v) is 8.92. The van der Waals surface area contributed by atoms with E-state index in [2.05, 4.69) is 25.7 Å². The normalized spacial score (nSPS) is 13.5. The number of hydrogen-bond acceptors (Lipinski definition) is 10. The van der Waals surface area contributed by atoms with Crippen LogP contribution in [-0.2, 0) is 20.9 Å². The Kier molecular flexibility index (Phi) is 5.37. The molecule has 0 amide bonds. The van der Waals surface area contributed by atoms with Crippen molar-refractivity contribution in [3.8, 4) is 12.1 Å². The lowest BCUT2D eigenvalue weighted by atomic mass is 10.1. The van der Waals surface area contributed by atoms with E-state index in [0.29, 0.717) is 17.0 Å². The summed E-state index contributed by atoms with van der Waals surface area (Å²) in [6, 6.07) is 7.20. The molecule has 0 atom stereocenters. The quantitative estimate of drug-likeness (QED) is 0.503. The monoisotopic (exact) mass is 458 g/mol. The van der Waals surface area contributed by atoms with E-state index >= 15 is 0 Å². The molecular formula is C18H15ClN8O3S. The Morgan fingerprint density at radius 3 is 2.74 bits per heavy atom. The highest BCUT2D eigenvalue weighted by Gasteiger charge is 2.24. The van der Waals surface area contributed by atoms with Crippen molar-refractivity contribution in [2.24, 2.45) is 0 Å². The lowest BCUT2D eigenvalue weighted by Gasteiger charge is -2.13. The van der Waals surface area contributed by atoms with Crippen molar-refractivity contribution >= 4 is 44.8 Å². The molecular weight excluding hydrogens is 444 g/mol. The van der Waals surface area contributed by atoms with Crippen molar-refractivity contribution in [1.82, 2.24) is 19.6 Å². The number of hydrogen-bond donors (Lipinski definition) is 2. The second-order valence-electron chi connectivity index (χ2n) is 6.89. The molecule has 2 N–H and O–H groups in total. The zero-order valence-electron chi connectivity index (χ0n) is 16.1. The first-order chi connectivity index (χ1) is 14.8. The highest BCUT2D eigenvalue weighted by Crippen LogP contribution is 2.32. The number of nitrogens with zero attached hydrogens (tertiary/aromatic N) is 6. The first kappa shape index (κ1) is 20.8. The fourth-order valence-corrected chi connectivity index (χ4v) is 3.32. The number of aromatic nitrogens is 4. The summed E-state index contributed by atoms with van der Waals surface area (Å²) in [4.78, 5) is 8.65. The minimum atomic E-state index is -3.70. The Hall–Kier alpha value is -3.45. The van der Waals surface area contributed by atoms with E-state index in [4.69, 9.17) is 15.8 Å². The molecule has 11 nitrogen and oxygen atoms in total. The predicted molar refractivity (Wildman–Crippen MR) is 111 cm³/mol. The van der Waals surface area contributed by atoms with Gasteiger partial charge in [-0.15, -0.1) is 5.10 Å². The van der Waals surface area contributed by atoms with Gasteiger partial charge in [0, 0.05) is 11.6 Å². The van der Waals surface area contributed by atoms with Gasteiger partial charge in [-0.3, -0.25) is 4.18 Å². The van der Waals surface area contributed by atoms with Crippen molar-refractivity contribution in [3.63, 3.8) is 0 Å². The Bertz CT molecular complexity index is 1370. The molecule has 1 saturated carbocycles. The molecule has 31 heavy (non-hydrogen) atoms. The van der Waals surface area contributed by atoms with Crippen LogP contribution in [0.15, 0.2) is 18.3 Å². The van der Waals surface area contributed by atoms with Crippen molar-refractivity contribution in [2.75, 3.05) is 16.9 Å². The van der Waals surface area contributed by atoms with Crippen molar-refractivity contribution in [3.05, 3.63) is 40.2 Å². The molecule has 13 heteroatoms. The first-order valence-electron chi connectivity index (χ1n) is 9.04. The van der Waals surface area contributed by atoms with E-state index in [-0.39, 0.29) is 40.6 Å². The van der Waals surface area contributed by atoms with Gasteiger partial charge in [-0.2, -0.15) is 28.4 Å². The number of nitrogens with one attached hydrogen (secondary N) is 2. The van der Waals surface area contributed by atoms with E-state index in [1.807, 2.05) is 12.1 Å². The molecule has 0 aliphatic heterocycles. The Balaban J connectivity index is 1.74. The van der Waals surface area contributed by atoms with Gasteiger partial charge in [0.15, 0.2) is 17.2 Å². The SMILES string of the molecule is CS(=O)(=O)OCc1cc(C#N)cc(Nc2nc(NC3CC3)c3ncc(C#N)n3n2)c1Cl. The van der Waals surface area contributed by atoms with Crippen LogP contribution in [-0.4, -0.2) is 40.3 Å². The number of nitriles is 2. The highest BCUT2D eigenvalue weighted by atomic mass is 35.5. The summed E-state index contributed by atoms with van der Waals surface area (Å²) in [5, 5.41) is 29.3. The van der Waals surface area contributed by atoms with Crippen molar-refractivity contribution in [1.29, 1.82) is 10.5 Å². The molecule has 1 aromatic carbocycles. The Morgan fingerprint density at radius 1 is 1.32 bits per heavy atom. The van der Waals surface area contributed by atoms with Gasteiger partial charge >= 0.3 is 0 Å². The third-order valence-corrected chi connectivity index (χ3v) is 5.34. The maximum atomic E-state index is 11.3. The van der Waals surface area contributed by atoms with Gasteiger partial charge in [0.1, 0.15) is 6.07 Å². The summed E-state index contributed by atoms with van der Waals surface area (Å²) in [7, 11) is -3.70. The highest BCUT2D eigenvalue weighted by molar-refractivity contribution is 7.85. The molecule has 2 aromatic heterocycles. The molecule has 3 aromatic rings. The number of rotatable bonds is 7. The van der Waals surface area contributed by atoms with Gasteiger partial charge in [0.2, 0.25) is 5.95 Å². The molecule has 0 saturated heterocycles. The molecule has 1 aliphatic carbocycles. The van der Waals surface area contributed by atoms with Crippen LogP contribution in [0.4, 0.5) is 17.5 Å². The van der Waals surface area contributed by atoms with Crippen LogP contribution in [0.2, 0.25) is 5.02 Å². The molecule has 1 aliphatic rings. The molecule has 0 bridgehead atoms. The molecule has 158 valence electrons. The Morgan fingerprint density at radius 2 is 2.10 bits per heavy atom. The Labute approximate surface area is 182 Å². The predicted octanol–water partition coefficient (Wildman–Crippen LogP) is 2.32. The van der Waals surface area contributed by atoms with Crippen LogP contribution >= 0.6 is 11.6 Å². The molecule has 2 heterocycles. The zero-order chi connectivity index (χ0) is 22.2. The van der Waals surface area contributed by atoms with E-state index in [0.717, 1.165) is 19.1 Å². The lowest BCUT2D eigenvalue weighted by molar-refractivity contribution is 0.312. The van der Waals surface area contributed by atoms with E-state index in [1.54, 1.807) is 0 Å².